The fraction of sp³-hybridized carbons (Fsp3) is 1.00. The van der Waals surface area contributed by atoms with E-state index in [1.54, 1.807) is 0 Å². The van der Waals surface area contributed by atoms with Crippen LogP contribution in [-0.4, -0.2) is 48.3 Å². The number of nitrogens with one attached hydrogen (secondary N) is 1. The van der Waals surface area contributed by atoms with Gasteiger partial charge in [-0.05, 0) is 58.9 Å². The molecule has 0 aromatic rings. The van der Waals surface area contributed by atoms with Crippen molar-refractivity contribution in [3.63, 3.8) is 0 Å². The Hall–Kier alpha value is -0.120. The second-order valence-corrected chi connectivity index (χ2v) is 7.51. The molecule has 2 unspecified atom stereocenters. The molecule has 3 fully saturated rings. The van der Waals surface area contributed by atoms with Crippen molar-refractivity contribution in [3.05, 3.63) is 0 Å². The average molecular weight is 280 g/mol. The van der Waals surface area contributed by atoms with Gasteiger partial charge in [-0.25, -0.2) is 0 Å². The van der Waals surface area contributed by atoms with E-state index in [1.807, 2.05) is 0 Å². The second kappa shape index (κ2) is 6.33. The van der Waals surface area contributed by atoms with Crippen LogP contribution < -0.4 is 5.32 Å². The third-order valence-corrected chi connectivity index (χ3v) is 5.64. The summed E-state index contributed by atoms with van der Waals surface area (Å²) in [6.45, 7) is 8.20. The standard InChI is InChI=1S/C17H32N2O/c1-14(2)19(12-15-6-5-11-18-15)13-16-7-10-17(20-16)8-3-4-9-17/h14-16,18H,3-13H2,1-2H3. The maximum Gasteiger partial charge on any atom is 0.0710 e. The monoisotopic (exact) mass is 280 g/mol. The van der Waals surface area contributed by atoms with Gasteiger partial charge < -0.3 is 10.1 Å². The highest BCUT2D eigenvalue weighted by atomic mass is 16.5. The van der Waals surface area contributed by atoms with Gasteiger partial charge >= 0.3 is 0 Å². The summed E-state index contributed by atoms with van der Waals surface area (Å²) in [5.41, 5.74) is 0.291. The maximum absolute atomic E-state index is 6.49. The Morgan fingerprint density at radius 2 is 1.90 bits per heavy atom. The van der Waals surface area contributed by atoms with E-state index in [9.17, 15) is 0 Å². The van der Waals surface area contributed by atoms with Crippen LogP contribution in [0.1, 0.15) is 65.2 Å². The molecule has 20 heavy (non-hydrogen) atoms. The van der Waals surface area contributed by atoms with Gasteiger partial charge in [-0.3, -0.25) is 4.90 Å². The Bertz CT molecular complexity index is 306. The van der Waals surface area contributed by atoms with E-state index >= 15 is 0 Å². The Balaban J connectivity index is 1.51. The second-order valence-electron chi connectivity index (χ2n) is 7.51. The van der Waals surface area contributed by atoms with Gasteiger partial charge in [0.25, 0.3) is 0 Å². The minimum atomic E-state index is 0.291. The van der Waals surface area contributed by atoms with E-state index in [1.165, 1.54) is 64.5 Å². The van der Waals surface area contributed by atoms with Gasteiger partial charge in [-0.15, -0.1) is 0 Å². The molecule has 3 heteroatoms. The van der Waals surface area contributed by atoms with Crippen LogP contribution in [0, 0.1) is 0 Å². The molecule has 0 amide bonds. The predicted molar refractivity (Wildman–Crippen MR) is 83.0 cm³/mol. The Morgan fingerprint density at radius 1 is 1.10 bits per heavy atom. The minimum absolute atomic E-state index is 0.291. The Kier molecular flexibility index (Phi) is 4.68. The van der Waals surface area contributed by atoms with Crippen LogP contribution in [0.4, 0.5) is 0 Å². The zero-order valence-electron chi connectivity index (χ0n) is 13.4. The summed E-state index contributed by atoms with van der Waals surface area (Å²) in [5.74, 6) is 0. The highest BCUT2D eigenvalue weighted by Gasteiger charge is 2.42. The number of nitrogens with zero attached hydrogens (tertiary/aromatic N) is 1. The zero-order valence-corrected chi connectivity index (χ0v) is 13.4. The van der Waals surface area contributed by atoms with Gasteiger partial charge in [-0.1, -0.05) is 12.8 Å². The summed E-state index contributed by atoms with van der Waals surface area (Å²) in [6.07, 6.45) is 11.2. The van der Waals surface area contributed by atoms with Gasteiger partial charge in [0, 0.05) is 25.2 Å². The van der Waals surface area contributed by atoms with Crippen LogP contribution in [0.3, 0.4) is 0 Å². The number of rotatable bonds is 5. The number of hydrogen-bond acceptors (Lipinski definition) is 3. The summed E-state index contributed by atoms with van der Waals surface area (Å²) in [5, 5.41) is 3.63. The molecule has 0 bridgehead atoms. The predicted octanol–water partition coefficient (Wildman–Crippen LogP) is 2.94. The first kappa shape index (κ1) is 14.8. The first-order valence-electron chi connectivity index (χ1n) is 8.82. The van der Waals surface area contributed by atoms with E-state index in [0.29, 0.717) is 23.8 Å². The third-order valence-electron chi connectivity index (χ3n) is 5.64. The van der Waals surface area contributed by atoms with Crippen molar-refractivity contribution in [2.24, 2.45) is 0 Å². The molecular weight excluding hydrogens is 248 g/mol. The summed E-state index contributed by atoms with van der Waals surface area (Å²) in [6, 6.07) is 1.33. The number of hydrogen-bond donors (Lipinski definition) is 1. The number of ether oxygens (including phenoxy) is 1. The molecule has 2 saturated heterocycles. The lowest BCUT2D eigenvalue weighted by Gasteiger charge is -2.32. The SMILES string of the molecule is CC(C)N(CC1CCCN1)CC1CCC2(CCCC2)O1. The first-order valence-corrected chi connectivity index (χ1v) is 8.82. The topological polar surface area (TPSA) is 24.5 Å². The smallest absolute Gasteiger partial charge is 0.0710 e. The largest absolute Gasteiger partial charge is 0.370 e. The maximum atomic E-state index is 6.49. The van der Waals surface area contributed by atoms with Crippen LogP contribution in [0.2, 0.25) is 0 Å². The van der Waals surface area contributed by atoms with Crippen LogP contribution in [-0.2, 0) is 4.74 Å². The molecule has 3 rings (SSSR count). The summed E-state index contributed by atoms with van der Waals surface area (Å²) in [4.78, 5) is 2.64. The lowest BCUT2D eigenvalue weighted by atomic mass is 9.98. The molecule has 3 aliphatic rings. The minimum Gasteiger partial charge on any atom is -0.370 e. The van der Waals surface area contributed by atoms with Crippen molar-refractivity contribution in [1.82, 2.24) is 10.2 Å². The fourth-order valence-corrected chi connectivity index (χ4v) is 4.36. The summed E-state index contributed by atoms with van der Waals surface area (Å²) >= 11 is 0. The van der Waals surface area contributed by atoms with Crippen molar-refractivity contribution < 1.29 is 4.74 Å². The fourth-order valence-electron chi connectivity index (χ4n) is 4.36. The highest BCUT2D eigenvalue weighted by molar-refractivity contribution is 4.94. The molecule has 1 saturated carbocycles. The highest BCUT2D eigenvalue weighted by Crippen LogP contribution is 2.43. The van der Waals surface area contributed by atoms with E-state index in [4.69, 9.17) is 4.74 Å². The molecule has 2 atom stereocenters. The molecule has 0 aromatic carbocycles. The van der Waals surface area contributed by atoms with Crippen molar-refractivity contribution in [2.75, 3.05) is 19.6 Å². The molecule has 1 N–H and O–H groups in total. The molecule has 0 aromatic heterocycles. The van der Waals surface area contributed by atoms with Crippen LogP contribution >= 0.6 is 0 Å². The quantitative estimate of drug-likeness (QED) is 0.838. The van der Waals surface area contributed by atoms with E-state index in [0.717, 1.165) is 6.54 Å². The molecule has 1 spiro atoms. The molecule has 116 valence electrons. The Labute approximate surface area is 124 Å². The molecular formula is C17H32N2O. The van der Waals surface area contributed by atoms with Crippen molar-refractivity contribution >= 4 is 0 Å². The van der Waals surface area contributed by atoms with Crippen LogP contribution in [0.5, 0.6) is 0 Å². The Morgan fingerprint density at radius 3 is 2.55 bits per heavy atom. The average Bonchev–Trinajstić information content (AvgIpc) is 3.14. The van der Waals surface area contributed by atoms with E-state index < -0.39 is 0 Å². The van der Waals surface area contributed by atoms with Crippen molar-refractivity contribution in [1.29, 1.82) is 0 Å². The van der Waals surface area contributed by atoms with Gasteiger partial charge in [0.05, 0.1) is 11.7 Å². The summed E-state index contributed by atoms with van der Waals surface area (Å²) in [7, 11) is 0. The molecule has 0 radical (unpaired) electrons. The van der Waals surface area contributed by atoms with E-state index in [-0.39, 0.29) is 0 Å². The zero-order chi connectivity index (χ0) is 14.0. The molecule has 3 nitrogen and oxygen atoms in total. The third kappa shape index (κ3) is 3.37. The van der Waals surface area contributed by atoms with Gasteiger partial charge in [-0.2, -0.15) is 0 Å². The molecule has 2 aliphatic heterocycles. The first-order chi connectivity index (χ1) is 9.67. The van der Waals surface area contributed by atoms with E-state index in [2.05, 4.69) is 24.1 Å². The molecule has 2 heterocycles. The molecule has 1 aliphatic carbocycles. The van der Waals surface area contributed by atoms with Crippen molar-refractivity contribution in [3.8, 4) is 0 Å². The van der Waals surface area contributed by atoms with Crippen LogP contribution in [0.25, 0.3) is 0 Å². The van der Waals surface area contributed by atoms with Gasteiger partial charge in [0.15, 0.2) is 0 Å². The van der Waals surface area contributed by atoms with Gasteiger partial charge in [0.2, 0.25) is 0 Å². The lowest BCUT2D eigenvalue weighted by Crippen LogP contribution is -2.45. The van der Waals surface area contributed by atoms with Crippen molar-refractivity contribution in [2.45, 2.75) is 89.0 Å². The van der Waals surface area contributed by atoms with Gasteiger partial charge in [0.1, 0.15) is 0 Å². The lowest BCUT2D eigenvalue weighted by molar-refractivity contribution is -0.0507. The summed E-state index contributed by atoms with van der Waals surface area (Å²) < 4.78 is 6.49. The van der Waals surface area contributed by atoms with Crippen LogP contribution in [0.15, 0.2) is 0 Å². The normalized spacial score (nSPS) is 33.0.